The van der Waals surface area contributed by atoms with Crippen molar-refractivity contribution < 1.29 is 27.6 Å². The number of carbonyl (C=O) groups is 3. The molecule has 2 aliphatic rings. The fourth-order valence-electron chi connectivity index (χ4n) is 3.16. The van der Waals surface area contributed by atoms with E-state index in [2.05, 4.69) is 10.2 Å². The zero-order chi connectivity index (χ0) is 18.4. The topological polar surface area (TPSA) is 88.4 Å². The highest BCUT2D eigenvalue weighted by molar-refractivity contribution is 6.02. The van der Waals surface area contributed by atoms with Gasteiger partial charge in [-0.2, -0.15) is 13.2 Å². The van der Waals surface area contributed by atoms with Crippen molar-refractivity contribution in [3.8, 4) is 0 Å². The van der Waals surface area contributed by atoms with Gasteiger partial charge < -0.3 is 9.47 Å². The van der Waals surface area contributed by atoms with Crippen molar-refractivity contribution in [2.75, 3.05) is 13.1 Å². The van der Waals surface area contributed by atoms with E-state index in [1.165, 1.54) is 4.90 Å². The number of amides is 3. The number of aromatic nitrogens is 3. The van der Waals surface area contributed by atoms with E-state index in [0.717, 1.165) is 9.47 Å². The van der Waals surface area contributed by atoms with Gasteiger partial charge in [0.15, 0.2) is 5.82 Å². The quantitative estimate of drug-likeness (QED) is 0.743. The van der Waals surface area contributed by atoms with E-state index in [4.69, 9.17) is 0 Å². The second kappa shape index (κ2) is 6.12. The standard InChI is InChI=1S/C14H16F3N5O3/c1-8-12-18-19-13(14(15,16)17)22(12)7-6-20(8)11(25)4-5-21-9(23)2-3-10(21)24/h8H,2-7H2,1H3. The molecule has 1 saturated heterocycles. The van der Waals surface area contributed by atoms with Gasteiger partial charge >= 0.3 is 6.18 Å². The lowest BCUT2D eigenvalue weighted by molar-refractivity contribution is -0.148. The smallest absolute Gasteiger partial charge is 0.331 e. The van der Waals surface area contributed by atoms with E-state index in [1.54, 1.807) is 6.92 Å². The third kappa shape index (κ3) is 3.10. The van der Waals surface area contributed by atoms with Crippen molar-refractivity contribution >= 4 is 17.7 Å². The Hall–Kier alpha value is -2.46. The maximum Gasteiger partial charge on any atom is 0.451 e. The van der Waals surface area contributed by atoms with Crippen molar-refractivity contribution in [1.29, 1.82) is 0 Å². The van der Waals surface area contributed by atoms with E-state index in [-0.39, 0.29) is 62.4 Å². The number of hydrogen-bond acceptors (Lipinski definition) is 5. The Bertz CT molecular complexity index is 714. The molecule has 1 aromatic heterocycles. The van der Waals surface area contributed by atoms with Crippen LogP contribution in [0.2, 0.25) is 0 Å². The molecule has 8 nitrogen and oxygen atoms in total. The average molecular weight is 359 g/mol. The zero-order valence-electron chi connectivity index (χ0n) is 13.4. The second-order valence-corrected chi connectivity index (χ2v) is 5.98. The Morgan fingerprint density at radius 3 is 2.40 bits per heavy atom. The first kappa shape index (κ1) is 17.4. The van der Waals surface area contributed by atoms with E-state index < -0.39 is 18.0 Å². The van der Waals surface area contributed by atoms with Gasteiger partial charge in [-0.3, -0.25) is 19.3 Å². The Labute approximate surface area is 140 Å². The minimum absolute atomic E-state index is 0.0137. The van der Waals surface area contributed by atoms with Gasteiger partial charge in [-0.15, -0.1) is 10.2 Å². The summed E-state index contributed by atoms with van der Waals surface area (Å²) in [5.74, 6) is -1.96. The molecule has 25 heavy (non-hydrogen) atoms. The first-order valence-corrected chi connectivity index (χ1v) is 7.83. The molecule has 1 atom stereocenters. The zero-order valence-corrected chi connectivity index (χ0v) is 13.4. The van der Waals surface area contributed by atoms with E-state index in [0.29, 0.717) is 0 Å². The molecule has 3 amide bonds. The maximum absolute atomic E-state index is 12.9. The Balaban J connectivity index is 1.68. The molecule has 0 saturated carbocycles. The molecule has 3 heterocycles. The number of halogens is 3. The number of likely N-dealkylation sites (tertiary alicyclic amines) is 1. The highest BCUT2D eigenvalue weighted by atomic mass is 19.4. The molecule has 0 radical (unpaired) electrons. The van der Waals surface area contributed by atoms with Gasteiger partial charge in [-0.25, -0.2) is 0 Å². The van der Waals surface area contributed by atoms with Gasteiger partial charge in [0.05, 0.1) is 6.04 Å². The minimum atomic E-state index is -4.60. The first-order valence-electron chi connectivity index (χ1n) is 7.83. The van der Waals surface area contributed by atoms with Crippen molar-refractivity contribution in [1.82, 2.24) is 24.6 Å². The lowest BCUT2D eigenvalue weighted by Gasteiger charge is -2.34. The predicted molar refractivity (Wildman–Crippen MR) is 75.7 cm³/mol. The fourth-order valence-corrected chi connectivity index (χ4v) is 3.16. The summed E-state index contributed by atoms with van der Waals surface area (Å²) in [5, 5.41) is 6.77. The highest BCUT2D eigenvalue weighted by Gasteiger charge is 2.41. The molecular formula is C14H16F3N5O3. The summed E-state index contributed by atoms with van der Waals surface area (Å²) in [6.45, 7) is 1.58. The van der Waals surface area contributed by atoms with Crippen LogP contribution in [0, 0.1) is 0 Å². The minimum Gasteiger partial charge on any atom is -0.331 e. The van der Waals surface area contributed by atoms with Crippen LogP contribution in [0.5, 0.6) is 0 Å². The SMILES string of the molecule is CC1c2nnc(C(F)(F)F)n2CCN1C(=O)CCN1C(=O)CCC1=O. The van der Waals surface area contributed by atoms with Crippen LogP contribution in [0.25, 0.3) is 0 Å². The number of rotatable bonds is 3. The third-order valence-electron chi connectivity index (χ3n) is 4.46. The molecule has 0 bridgehead atoms. The molecule has 0 aliphatic carbocycles. The third-order valence-corrected chi connectivity index (χ3v) is 4.46. The molecule has 0 aromatic carbocycles. The van der Waals surface area contributed by atoms with E-state index in [9.17, 15) is 27.6 Å². The molecule has 1 aromatic rings. The Morgan fingerprint density at radius 2 is 1.80 bits per heavy atom. The molecule has 1 unspecified atom stereocenters. The summed E-state index contributed by atoms with van der Waals surface area (Å²) in [4.78, 5) is 37.9. The summed E-state index contributed by atoms with van der Waals surface area (Å²) in [6, 6.07) is -0.671. The summed E-state index contributed by atoms with van der Waals surface area (Å²) >= 11 is 0. The molecule has 2 aliphatic heterocycles. The predicted octanol–water partition coefficient (Wildman–Crippen LogP) is 0.739. The summed E-state index contributed by atoms with van der Waals surface area (Å²) in [5.41, 5.74) is 0. The number of imide groups is 1. The lowest BCUT2D eigenvalue weighted by atomic mass is 10.2. The molecule has 1 fully saturated rings. The Morgan fingerprint density at radius 1 is 1.16 bits per heavy atom. The van der Waals surface area contributed by atoms with Gasteiger partial charge in [0.1, 0.15) is 0 Å². The molecular weight excluding hydrogens is 343 g/mol. The molecule has 11 heteroatoms. The molecule has 0 N–H and O–H groups in total. The number of alkyl halides is 3. The summed E-state index contributed by atoms with van der Waals surface area (Å²) < 4.78 is 39.6. The van der Waals surface area contributed by atoms with Crippen molar-refractivity contribution in [3.63, 3.8) is 0 Å². The maximum atomic E-state index is 12.9. The van der Waals surface area contributed by atoms with Crippen molar-refractivity contribution in [2.24, 2.45) is 0 Å². The molecule has 136 valence electrons. The van der Waals surface area contributed by atoms with Gasteiger partial charge in [0, 0.05) is 38.9 Å². The number of nitrogens with zero attached hydrogens (tertiary/aromatic N) is 5. The first-order chi connectivity index (χ1) is 11.7. The monoisotopic (exact) mass is 359 g/mol. The van der Waals surface area contributed by atoms with Gasteiger partial charge in [-0.1, -0.05) is 0 Å². The fraction of sp³-hybridized carbons (Fsp3) is 0.643. The average Bonchev–Trinajstić information content (AvgIpc) is 3.10. The second-order valence-electron chi connectivity index (χ2n) is 5.98. The highest BCUT2D eigenvalue weighted by Crippen LogP contribution is 2.32. The lowest BCUT2D eigenvalue weighted by Crippen LogP contribution is -2.43. The van der Waals surface area contributed by atoms with Crippen molar-refractivity contribution in [2.45, 2.75) is 44.9 Å². The normalized spacial score (nSPS) is 21.0. The van der Waals surface area contributed by atoms with Crippen molar-refractivity contribution in [3.05, 3.63) is 11.6 Å². The number of carbonyl (C=O) groups excluding carboxylic acids is 3. The number of fused-ring (bicyclic) bond motifs is 1. The van der Waals surface area contributed by atoms with E-state index >= 15 is 0 Å². The van der Waals surface area contributed by atoms with Crippen LogP contribution in [0.1, 0.15) is 43.9 Å². The van der Waals surface area contributed by atoms with Crippen LogP contribution in [0.3, 0.4) is 0 Å². The van der Waals surface area contributed by atoms with Crippen LogP contribution >= 0.6 is 0 Å². The summed E-state index contributed by atoms with van der Waals surface area (Å²) in [6.07, 6.45) is -4.37. The molecule has 3 rings (SSSR count). The van der Waals surface area contributed by atoms with Crippen LogP contribution in [-0.4, -0.2) is 55.4 Å². The molecule has 0 spiro atoms. The van der Waals surface area contributed by atoms with Crippen LogP contribution in [0.15, 0.2) is 0 Å². The number of hydrogen-bond donors (Lipinski definition) is 0. The van der Waals surface area contributed by atoms with Gasteiger partial charge in [0.2, 0.25) is 23.5 Å². The Kier molecular flexibility index (Phi) is 4.25. The van der Waals surface area contributed by atoms with Gasteiger partial charge in [0.25, 0.3) is 0 Å². The summed E-state index contributed by atoms with van der Waals surface area (Å²) in [7, 11) is 0. The van der Waals surface area contributed by atoms with Crippen LogP contribution in [0.4, 0.5) is 13.2 Å². The largest absolute Gasteiger partial charge is 0.451 e. The van der Waals surface area contributed by atoms with Crippen LogP contribution in [-0.2, 0) is 27.1 Å². The van der Waals surface area contributed by atoms with Gasteiger partial charge in [-0.05, 0) is 6.92 Å². The van der Waals surface area contributed by atoms with Crippen LogP contribution < -0.4 is 0 Å². The van der Waals surface area contributed by atoms with E-state index in [1.807, 2.05) is 0 Å².